The molecular formula is CHFeN2NaO2. The van der Waals surface area contributed by atoms with Gasteiger partial charge in [-0.15, -0.1) is 0 Å². The summed E-state index contributed by atoms with van der Waals surface area (Å²) in [5.41, 5.74) is 0. The molecule has 0 aromatic carbocycles. The fourth-order valence-corrected chi connectivity index (χ4v) is 0.119. The molecule has 0 unspecified atom stereocenters. The number of hydrogen-bond acceptors (Lipinski definition) is 3. The second-order valence-electron chi connectivity index (χ2n) is 0.362. The zero-order valence-corrected chi connectivity index (χ0v) is 3.67. The van der Waals surface area contributed by atoms with Gasteiger partial charge in [-0.05, 0) is 0 Å². The maximum absolute atomic E-state index is 9.18. The van der Waals surface area contributed by atoms with E-state index in [0.29, 0.717) is 0 Å². The van der Waals surface area contributed by atoms with E-state index in [9.17, 15) is 10.1 Å². The molecule has 6 heteroatoms. The fourth-order valence-electron chi connectivity index (χ4n) is 0.0289. The molecule has 0 radical (unpaired) electrons. The maximum atomic E-state index is 9.18. The Morgan fingerprint density at radius 3 is 2.29 bits per heavy atom. The SMILES string of the molecule is N#[C][Fe][N+](=O)[O-].[NaH]. The first-order chi connectivity index (χ1) is 2.77. The molecule has 0 bridgehead atoms. The Morgan fingerprint density at radius 2 is 2.29 bits per heavy atom. The van der Waals surface area contributed by atoms with Gasteiger partial charge in [0.15, 0.2) is 0 Å². The van der Waals surface area contributed by atoms with Crippen molar-refractivity contribution in [2.24, 2.45) is 0 Å². The number of nitro groups is 1. The molecule has 0 aromatic rings. The van der Waals surface area contributed by atoms with E-state index in [1.807, 2.05) is 0 Å². The van der Waals surface area contributed by atoms with Crippen LogP contribution in [0.4, 0.5) is 0 Å². The summed E-state index contributed by atoms with van der Waals surface area (Å²) >= 11 is -0.597. The molecule has 0 saturated heterocycles. The minimum atomic E-state index is -0.681. The molecule has 36 valence electrons. The van der Waals surface area contributed by atoms with Crippen molar-refractivity contribution in [3.8, 4) is 4.97 Å². The molecule has 0 amide bonds. The first-order valence-electron chi connectivity index (χ1n) is 0.924. The van der Waals surface area contributed by atoms with Crippen LogP contribution in [0, 0.1) is 20.3 Å². The van der Waals surface area contributed by atoms with Crippen LogP contribution in [0.25, 0.3) is 0 Å². The van der Waals surface area contributed by atoms with Gasteiger partial charge in [-0.25, -0.2) is 0 Å². The fraction of sp³-hybridized carbons (Fsp3) is 0. The Labute approximate surface area is 68.7 Å². The molecule has 0 rings (SSSR count). The van der Waals surface area contributed by atoms with Crippen LogP contribution >= 0.6 is 0 Å². The van der Waals surface area contributed by atoms with E-state index in [4.69, 9.17) is 5.26 Å². The normalized spacial score (nSPS) is 6.14. The average Bonchev–Trinajstić information content (AvgIpc) is 1.35. The first kappa shape index (κ1) is 10.4. The van der Waals surface area contributed by atoms with E-state index < -0.39 is 19.1 Å². The molecule has 0 N–H and O–H groups in total. The Kier molecular flexibility index (Phi) is 9.52. The zero-order chi connectivity index (χ0) is 4.99. The molecule has 7 heavy (non-hydrogen) atoms. The van der Waals surface area contributed by atoms with Gasteiger partial charge >= 0.3 is 69.0 Å². The van der Waals surface area contributed by atoms with Crippen LogP contribution in [0.15, 0.2) is 0 Å². The molecule has 0 aliphatic rings. The third-order valence-electron chi connectivity index (χ3n) is 0.0999. The summed E-state index contributed by atoms with van der Waals surface area (Å²) in [7, 11) is 0. The number of nitrogens with zero attached hydrogens (tertiary/aromatic N) is 2. The van der Waals surface area contributed by atoms with Gasteiger partial charge in [0.25, 0.3) is 0 Å². The second kappa shape index (κ2) is 6.41. The van der Waals surface area contributed by atoms with Crippen molar-refractivity contribution in [1.29, 1.82) is 5.26 Å². The van der Waals surface area contributed by atoms with Crippen molar-refractivity contribution in [2.75, 3.05) is 0 Å². The van der Waals surface area contributed by atoms with E-state index >= 15 is 0 Å². The number of hydrogen-bond donors (Lipinski definition) is 0. The van der Waals surface area contributed by atoms with Gasteiger partial charge < -0.3 is 0 Å². The molecule has 0 aliphatic heterocycles. The molecule has 0 saturated carbocycles. The Morgan fingerprint density at radius 1 is 1.86 bits per heavy atom. The standard InChI is InChI=1S/CN.Fe.NO2.Na.H/c1-2;;2-1-3;;. The molecule has 0 atom stereocenters. The predicted molar refractivity (Wildman–Crippen MR) is 19.8 cm³/mol. The van der Waals surface area contributed by atoms with E-state index in [1.54, 1.807) is 0 Å². The summed E-state index contributed by atoms with van der Waals surface area (Å²) in [5.74, 6) is 0. The Hall–Kier alpha value is 0.409. The Balaban J connectivity index is 0. The molecule has 4 nitrogen and oxygen atoms in total. The molecule has 0 spiro atoms. The summed E-state index contributed by atoms with van der Waals surface area (Å²) in [6, 6.07) is 0. The van der Waals surface area contributed by atoms with Gasteiger partial charge in [0.05, 0.1) is 0 Å². The van der Waals surface area contributed by atoms with Crippen molar-refractivity contribution in [3.63, 3.8) is 0 Å². The first-order valence-corrected chi connectivity index (χ1v) is 1.97. The topological polar surface area (TPSA) is 66.9 Å². The van der Waals surface area contributed by atoms with E-state index in [2.05, 4.69) is 0 Å². The zero-order valence-electron chi connectivity index (χ0n) is 2.56. The summed E-state index contributed by atoms with van der Waals surface area (Å²) in [4.78, 5) is 10.6. The van der Waals surface area contributed by atoms with Crippen LogP contribution in [0.3, 0.4) is 0 Å². The van der Waals surface area contributed by atoms with E-state index in [-0.39, 0.29) is 29.6 Å². The van der Waals surface area contributed by atoms with Crippen LogP contribution in [0.5, 0.6) is 0 Å². The van der Waals surface area contributed by atoms with Crippen LogP contribution in [0.2, 0.25) is 0 Å². The van der Waals surface area contributed by atoms with Crippen molar-refractivity contribution < 1.29 is 19.1 Å². The van der Waals surface area contributed by atoms with Crippen molar-refractivity contribution in [1.82, 2.24) is 0 Å². The summed E-state index contributed by atoms with van der Waals surface area (Å²) in [6.45, 7) is 0. The van der Waals surface area contributed by atoms with Gasteiger partial charge in [0.2, 0.25) is 0 Å². The van der Waals surface area contributed by atoms with Gasteiger partial charge in [-0.2, -0.15) is 0 Å². The summed E-state index contributed by atoms with van der Waals surface area (Å²) < 4.78 is -0.681. The predicted octanol–water partition coefficient (Wildman–Crippen LogP) is -0.907. The minimum absolute atomic E-state index is 0. The molecule has 0 fully saturated rings. The third-order valence-corrected chi connectivity index (χ3v) is 0.412. The van der Waals surface area contributed by atoms with E-state index in [0.717, 1.165) is 0 Å². The van der Waals surface area contributed by atoms with Crippen LogP contribution in [-0.4, -0.2) is 33.5 Å². The van der Waals surface area contributed by atoms with Crippen LogP contribution in [0.1, 0.15) is 0 Å². The average molecular weight is 152 g/mol. The quantitative estimate of drug-likeness (QED) is 0.277. The molecular weight excluding hydrogens is 151 g/mol. The monoisotopic (exact) mass is 152 g/mol. The third kappa shape index (κ3) is 10.7. The van der Waals surface area contributed by atoms with Crippen LogP contribution in [-0.2, 0) is 15.2 Å². The molecule has 0 aromatic heterocycles. The van der Waals surface area contributed by atoms with Crippen LogP contribution < -0.4 is 0 Å². The molecule has 0 aliphatic carbocycles. The van der Waals surface area contributed by atoms with Gasteiger partial charge in [-0.1, -0.05) is 0 Å². The second-order valence-corrected chi connectivity index (χ2v) is 1.26. The van der Waals surface area contributed by atoms with Gasteiger partial charge in [0, 0.05) is 0 Å². The van der Waals surface area contributed by atoms with Crippen molar-refractivity contribution >= 4 is 29.6 Å². The van der Waals surface area contributed by atoms with E-state index in [1.165, 1.54) is 4.97 Å². The van der Waals surface area contributed by atoms with Crippen molar-refractivity contribution in [3.05, 3.63) is 10.1 Å². The van der Waals surface area contributed by atoms with Crippen molar-refractivity contribution in [2.45, 2.75) is 0 Å². The van der Waals surface area contributed by atoms with Gasteiger partial charge in [-0.3, -0.25) is 0 Å². The number of rotatable bonds is 1. The molecule has 0 heterocycles. The van der Waals surface area contributed by atoms with Gasteiger partial charge in [0.1, 0.15) is 0 Å². The summed E-state index contributed by atoms with van der Waals surface area (Å²) in [6.07, 6.45) is 0. The Bertz CT molecular complexity index is 98.4. The summed E-state index contributed by atoms with van der Waals surface area (Å²) in [5, 5.41) is 16.7. The number of nitriles is 1.